The van der Waals surface area contributed by atoms with Crippen molar-refractivity contribution in [3.05, 3.63) is 0 Å². The van der Waals surface area contributed by atoms with Crippen LogP contribution in [-0.4, -0.2) is 23.9 Å². The number of ether oxygens (including phenoxy) is 1. The number of aliphatic hydroxyl groups excluding tert-OH is 1. The van der Waals surface area contributed by atoms with Crippen molar-refractivity contribution in [3.8, 4) is 0 Å². The molecule has 2 heteroatoms. The Kier molecular flexibility index (Phi) is 1.24. The lowest BCUT2D eigenvalue weighted by Crippen LogP contribution is -2.19. The predicted molar refractivity (Wildman–Crippen MR) is 33.1 cm³/mol. The lowest BCUT2D eigenvalue weighted by molar-refractivity contribution is 0.0795. The molecule has 2 rings (SSSR count). The van der Waals surface area contributed by atoms with Gasteiger partial charge in [-0.1, -0.05) is 0 Å². The molecule has 1 N–H and O–H groups in total. The van der Waals surface area contributed by atoms with E-state index in [1.165, 1.54) is 12.8 Å². The SMILES string of the molecule is OC[C@@H]1C[C@@H]2CC[C@@H]1O2. The molecule has 2 fully saturated rings. The van der Waals surface area contributed by atoms with Crippen LogP contribution in [0.1, 0.15) is 19.3 Å². The van der Waals surface area contributed by atoms with Crippen molar-refractivity contribution in [2.24, 2.45) is 5.92 Å². The first kappa shape index (κ1) is 5.69. The van der Waals surface area contributed by atoms with E-state index in [2.05, 4.69) is 0 Å². The van der Waals surface area contributed by atoms with Crippen molar-refractivity contribution in [3.63, 3.8) is 0 Å². The molecule has 2 heterocycles. The van der Waals surface area contributed by atoms with Crippen LogP contribution in [0, 0.1) is 5.92 Å². The third-order valence-corrected chi connectivity index (χ3v) is 2.47. The lowest BCUT2D eigenvalue weighted by Gasteiger charge is -2.14. The van der Waals surface area contributed by atoms with Gasteiger partial charge in [-0.25, -0.2) is 0 Å². The molecule has 2 nitrogen and oxygen atoms in total. The van der Waals surface area contributed by atoms with Gasteiger partial charge in [-0.3, -0.25) is 0 Å². The molecule has 0 aromatic heterocycles. The smallest absolute Gasteiger partial charge is 0.0630 e. The van der Waals surface area contributed by atoms with E-state index in [-0.39, 0.29) is 0 Å². The Morgan fingerprint density at radius 1 is 1.44 bits per heavy atom. The number of hydrogen-bond acceptors (Lipinski definition) is 2. The average molecular weight is 128 g/mol. The Morgan fingerprint density at radius 3 is 2.67 bits per heavy atom. The standard InChI is InChI=1S/C7H12O2/c8-4-5-3-6-1-2-7(5)9-6/h5-8H,1-4H2/t5-,6-,7-/m0/s1. The fourth-order valence-electron chi connectivity index (χ4n) is 1.94. The Balaban J connectivity index is 2.01. The summed E-state index contributed by atoms with van der Waals surface area (Å²) in [6.45, 7) is 0.321. The summed E-state index contributed by atoms with van der Waals surface area (Å²) in [6.07, 6.45) is 4.39. The highest BCUT2D eigenvalue weighted by molar-refractivity contribution is 4.88. The van der Waals surface area contributed by atoms with Gasteiger partial charge in [0.05, 0.1) is 12.2 Å². The fraction of sp³-hybridized carbons (Fsp3) is 1.00. The highest BCUT2D eigenvalue weighted by Gasteiger charge is 2.39. The van der Waals surface area contributed by atoms with Crippen molar-refractivity contribution in [1.82, 2.24) is 0 Å². The van der Waals surface area contributed by atoms with Crippen LogP contribution in [0.3, 0.4) is 0 Å². The molecule has 0 radical (unpaired) electrons. The minimum atomic E-state index is 0.321. The third kappa shape index (κ3) is 0.775. The van der Waals surface area contributed by atoms with Crippen molar-refractivity contribution < 1.29 is 9.84 Å². The van der Waals surface area contributed by atoms with Gasteiger partial charge in [0.25, 0.3) is 0 Å². The van der Waals surface area contributed by atoms with E-state index in [1.54, 1.807) is 0 Å². The zero-order chi connectivity index (χ0) is 6.27. The zero-order valence-electron chi connectivity index (χ0n) is 5.42. The third-order valence-electron chi connectivity index (χ3n) is 2.47. The van der Waals surface area contributed by atoms with Gasteiger partial charge < -0.3 is 9.84 Å². The topological polar surface area (TPSA) is 29.5 Å². The fourth-order valence-corrected chi connectivity index (χ4v) is 1.94. The van der Waals surface area contributed by atoms with Crippen LogP contribution in [-0.2, 0) is 4.74 Å². The summed E-state index contributed by atoms with van der Waals surface area (Å²) in [7, 11) is 0. The maximum atomic E-state index is 8.81. The summed E-state index contributed by atoms with van der Waals surface area (Å²) in [5.41, 5.74) is 0. The molecule has 0 aromatic rings. The molecule has 9 heavy (non-hydrogen) atoms. The van der Waals surface area contributed by atoms with Gasteiger partial charge in [-0.2, -0.15) is 0 Å². The molecule has 0 spiro atoms. The summed E-state index contributed by atoms with van der Waals surface area (Å²) >= 11 is 0. The molecule has 0 aliphatic carbocycles. The van der Waals surface area contributed by atoms with Gasteiger partial charge in [0.15, 0.2) is 0 Å². The Bertz CT molecular complexity index is 113. The molecule has 2 saturated heterocycles. The second kappa shape index (κ2) is 1.96. The second-order valence-corrected chi connectivity index (χ2v) is 3.05. The molecule has 2 bridgehead atoms. The van der Waals surface area contributed by atoms with Crippen molar-refractivity contribution >= 4 is 0 Å². The summed E-state index contributed by atoms with van der Waals surface area (Å²) in [5, 5.41) is 8.81. The van der Waals surface area contributed by atoms with Gasteiger partial charge in [0.2, 0.25) is 0 Å². The van der Waals surface area contributed by atoms with Crippen LogP contribution >= 0.6 is 0 Å². The van der Waals surface area contributed by atoms with Gasteiger partial charge >= 0.3 is 0 Å². The van der Waals surface area contributed by atoms with Crippen LogP contribution in [0.5, 0.6) is 0 Å². The number of aliphatic hydroxyl groups is 1. The number of hydrogen-bond donors (Lipinski definition) is 1. The minimum Gasteiger partial charge on any atom is -0.396 e. The van der Waals surface area contributed by atoms with E-state index < -0.39 is 0 Å². The van der Waals surface area contributed by atoms with Gasteiger partial charge in [0.1, 0.15) is 0 Å². The highest BCUT2D eigenvalue weighted by Crippen LogP contribution is 2.38. The van der Waals surface area contributed by atoms with Gasteiger partial charge in [0, 0.05) is 12.5 Å². The molecule has 52 valence electrons. The van der Waals surface area contributed by atoms with E-state index >= 15 is 0 Å². The molecule has 0 unspecified atom stereocenters. The molecule has 3 atom stereocenters. The highest BCUT2D eigenvalue weighted by atomic mass is 16.5. The first-order valence-corrected chi connectivity index (χ1v) is 3.66. The van der Waals surface area contributed by atoms with Crippen LogP contribution in [0.25, 0.3) is 0 Å². The van der Waals surface area contributed by atoms with Gasteiger partial charge in [-0.15, -0.1) is 0 Å². The first-order valence-electron chi connectivity index (χ1n) is 3.66. The van der Waals surface area contributed by atoms with E-state index in [0.29, 0.717) is 24.7 Å². The normalized spacial score (nSPS) is 48.3. The molecular weight excluding hydrogens is 116 g/mol. The Labute approximate surface area is 54.8 Å². The average Bonchev–Trinajstić information content (AvgIpc) is 2.45. The molecule has 0 amide bonds. The maximum Gasteiger partial charge on any atom is 0.0630 e. The van der Waals surface area contributed by atoms with Crippen molar-refractivity contribution in [2.75, 3.05) is 6.61 Å². The molecule has 0 aromatic carbocycles. The quantitative estimate of drug-likeness (QED) is 0.558. The van der Waals surface area contributed by atoms with Crippen LogP contribution < -0.4 is 0 Å². The molecule has 2 aliphatic rings. The van der Waals surface area contributed by atoms with E-state index in [4.69, 9.17) is 9.84 Å². The zero-order valence-corrected chi connectivity index (χ0v) is 5.42. The summed E-state index contributed by atoms with van der Waals surface area (Å²) in [5.74, 6) is 0.462. The largest absolute Gasteiger partial charge is 0.396 e. The first-order chi connectivity index (χ1) is 4.40. The lowest BCUT2D eigenvalue weighted by atomic mass is 9.90. The number of fused-ring (bicyclic) bond motifs is 2. The van der Waals surface area contributed by atoms with E-state index in [9.17, 15) is 0 Å². The van der Waals surface area contributed by atoms with Crippen LogP contribution in [0.4, 0.5) is 0 Å². The molecular formula is C7H12O2. The molecule has 0 saturated carbocycles. The second-order valence-electron chi connectivity index (χ2n) is 3.05. The summed E-state index contributed by atoms with van der Waals surface area (Å²) in [6, 6.07) is 0. The van der Waals surface area contributed by atoms with Gasteiger partial charge in [-0.05, 0) is 19.3 Å². The molecule has 2 aliphatic heterocycles. The minimum absolute atomic E-state index is 0.321. The van der Waals surface area contributed by atoms with Crippen LogP contribution in [0.2, 0.25) is 0 Å². The maximum absolute atomic E-state index is 8.81. The predicted octanol–water partition coefficient (Wildman–Crippen LogP) is 0.546. The Hall–Kier alpha value is -0.0800. The van der Waals surface area contributed by atoms with E-state index in [0.717, 1.165) is 6.42 Å². The summed E-state index contributed by atoms with van der Waals surface area (Å²) in [4.78, 5) is 0. The van der Waals surface area contributed by atoms with Crippen molar-refractivity contribution in [2.45, 2.75) is 31.5 Å². The Morgan fingerprint density at radius 2 is 2.33 bits per heavy atom. The van der Waals surface area contributed by atoms with E-state index in [1.807, 2.05) is 0 Å². The summed E-state index contributed by atoms with van der Waals surface area (Å²) < 4.78 is 5.52. The van der Waals surface area contributed by atoms with Crippen LogP contribution in [0.15, 0.2) is 0 Å². The number of rotatable bonds is 1. The van der Waals surface area contributed by atoms with Crippen molar-refractivity contribution in [1.29, 1.82) is 0 Å². The monoisotopic (exact) mass is 128 g/mol.